The number of alkyl halides is 2. The Balaban J connectivity index is 1.81. The molecule has 0 saturated heterocycles. The van der Waals surface area contributed by atoms with Gasteiger partial charge in [-0.1, -0.05) is 63.0 Å². The van der Waals surface area contributed by atoms with Gasteiger partial charge in [0.1, 0.15) is 5.75 Å². The maximum absolute atomic E-state index is 12.1. The van der Waals surface area contributed by atoms with E-state index < -0.39 is 6.61 Å². The highest BCUT2D eigenvalue weighted by Crippen LogP contribution is 2.15. The van der Waals surface area contributed by atoms with Gasteiger partial charge in [-0.25, -0.2) is 0 Å². The zero-order chi connectivity index (χ0) is 18.6. The van der Waals surface area contributed by atoms with Gasteiger partial charge in [0.25, 0.3) is 0 Å². The summed E-state index contributed by atoms with van der Waals surface area (Å²) in [5.41, 5.74) is 3.06. The minimum Gasteiger partial charge on any atom is -0.435 e. The van der Waals surface area contributed by atoms with E-state index in [0.717, 1.165) is 17.5 Å². The molecule has 2 rings (SSSR count). The molecule has 2 aromatic carbocycles. The average Bonchev–Trinajstić information content (AvgIpc) is 2.64. The number of hydrogen-bond acceptors (Lipinski definition) is 1. The van der Waals surface area contributed by atoms with Crippen LogP contribution in [0.4, 0.5) is 8.78 Å². The van der Waals surface area contributed by atoms with Gasteiger partial charge in [-0.15, -0.1) is 0 Å². The predicted octanol–water partition coefficient (Wildman–Crippen LogP) is 6.59. The molecule has 0 saturated carbocycles. The molecule has 0 bridgehead atoms. The van der Waals surface area contributed by atoms with Crippen molar-refractivity contribution in [3.8, 4) is 17.6 Å². The summed E-state index contributed by atoms with van der Waals surface area (Å²) in [6.45, 7) is -0.566. The molecule has 0 spiro atoms. The topological polar surface area (TPSA) is 9.23 Å². The SMILES string of the molecule is CCCCCCCCc1ccc(C#Cc2ccc(OC(F)F)cc2)cc1. The fourth-order valence-electron chi connectivity index (χ4n) is 2.73. The Hall–Kier alpha value is -2.34. The van der Waals surface area contributed by atoms with E-state index >= 15 is 0 Å². The van der Waals surface area contributed by atoms with E-state index in [-0.39, 0.29) is 5.75 Å². The van der Waals surface area contributed by atoms with Gasteiger partial charge < -0.3 is 4.74 Å². The molecule has 1 nitrogen and oxygen atoms in total. The first-order valence-corrected chi connectivity index (χ1v) is 9.33. The highest BCUT2D eigenvalue weighted by Gasteiger charge is 2.02. The van der Waals surface area contributed by atoms with Crippen molar-refractivity contribution in [2.24, 2.45) is 0 Å². The second-order valence-corrected chi connectivity index (χ2v) is 6.37. The van der Waals surface area contributed by atoms with Crippen LogP contribution in [0, 0.1) is 11.8 Å². The van der Waals surface area contributed by atoms with Crippen LogP contribution in [-0.2, 0) is 6.42 Å². The van der Waals surface area contributed by atoms with Crippen molar-refractivity contribution in [2.45, 2.75) is 58.5 Å². The Labute approximate surface area is 155 Å². The lowest BCUT2D eigenvalue weighted by atomic mass is 10.0. The molecule has 26 heavy (non-hydrogen) atoms. The van der Waals surface area contributed by atoms with E-state index in [0.29, 0.717) is 0 Å². The molecule has 0 aliphatic heterocycles. The third-order valence-electron chi connectivity index (χ3n) is 4.20. The normalized spacial score (nSPS) is 10.5. The van der Waals surface area contributed by atoms with Crippen molar-refractivity contribution in [1.29, 1.82) is 0 Å². The number of rotatable bonds is 9. The molecule has 2 aromatic rings. The Morgan fingerprint density at radius 1 is 0.769 bits per heavy atom. The van der Waals surface area contributed by atoms with E-state index in [1.807, 2.05) is 12.1 Å². The molecule has 0 aromatic heterocycles. The van der Waals surface area contributed by atoms with Crippen LogP contribution in [0.1, 0.15) is 62.1 Å². The fourth-order valence-corrected chi connectivity index (χ4v) is 2.73. The van der Waals surface area contributed by atoms with Crippen molar-refractivity contribution < 1.29 is 13.5 Å². The summed E-state index contributed by atoms with van der Waals surface area (Å²) in [6, 6.07) is 14.7. The van der Waals surface area contributed by atoms with Crippen molar-refractivity contribution >= 4 is 0 Å². The largest absolute Gasteiger partial charge is 0.435 e. The first-order chi connectivity index (χ1) is 12.7. The van der Waals surface area contributed by atoms with E-state index in [1.54, 1.807) is 12.1 Å². The fraction of sp³-hybridized carbons (Fsp3) is 0.391. The van der Waals surface area contributed by atoms with Gasteiger partial charge in [0.2, 0.25) is 0 Å². The van der Waals surface area contributed by atoms with Crippen LogP contribution in [0.5, 0.6) is 5.75 Å². The van der Waals surface area contributed by atoms with Gasteiger partial charge in [-0.3, -0.25) is 0 Å². The highest BCUT2D eigenvalue weighted by molar-refractivity contribution is 5.44. The first-order valence-electron chi connectivity index (χ1n) is 9.33. The van der Waals surface area contributed by atoms with E-state index in [4.69, 9.17) is 0 Å². The molecule has 0 unspecified atom stereocenters. The first kappa shape index (κ1) is 20.0. The van der Waals surface area contributed by atoms with Crippen LogP contribution < -0.4 is 4.74 Å². The second kappa shape index (κ2) is 11.3. The smallest absolute Gasteiger partial charge is 0.387 e. The van der Waals surface area contributed by atoms with Crippen molar-refractivity contribution in [3.05, 3.63) is 65.2 Å². The summed E-state index contributed by atoms with van der Waals surface area (Å²) in [7, 11) is 0. The Kier molecular flexibility index (Phi) is 8.69. The average molecular weight is 356 g/mol. The van der Waals surface area contributed by atoms with Crippen LogP contribution in [0.25, 0.3) is 0 Å². The molecule has 0 aliphatic rings. The minimum absolute atomic E-state index is 0.143. The number of aryl methyl sites for hydroxylation is 1. The Morgan fingerprint density at radius 3 is 1.88 bits per heavy atom. The van der Waals surface area contributed by atoms with Crippen LogP contribution >= 0.6 is 0 Å². The lowest BCUT2D eigenvalue weighted by Gasteiger charge is -2.03. The third kappa shape index (κ3) is 7.70. The summed E-state index contributed by atoms with van der Waals surface area (Å²) >= 11 is 0. The molecule has 0 atom stereocenters. The lowest BCUT2D eigenvalue weighted by Crippen LogP contribution is -2.01. The number of ether oxygens (including phenoxy) is 1. The minimum atomic E-state index is -2.80. The predicted molar refractivity (Wildman–Crippen MR) is 103 cm³/mol. The summed E-state index contributed by atoms with van der Waals surface area (Å²) in [4.78, 5) is 0. The zero-order valence-corrected chi connectivity index (χ0v) is 15.3. The maximum Gasteiger partial charge on any atom is 0.387 e. The van der Waals surface area contributed by atoms with Gasteiger partial charge >= 0.3 is 6.61 Å². The molecule has 0 N–H and O–H groups in total. The maximum atomic E-state index is 12.1. The standard InChI is InChI=1S/C23H26F2O/c1-2-3-4-5-6-7-8-19-9-11-20(12-10-19)13-14-21-15-17-22(18-16-21)26-23(24)25/h9-12,15-18,23H,2-8H2,1H3. The Bertz CT molecular complexity index is 694. The highest BCUT2D eigenvalue weighted by atomic mass is 19.3. The number of halogens is 2. The molecule has 0 radical (unpaired) electrons. The zero-order valence-electron chi connectivity index (χ0n) is 15.3. The van der Waals surface area contributed by atoms with E-state index in [1.165, 1.54) is 56.2 Å². The second-order valence-electron chi connectivity index (χ2n) is 6.37. The van der Waals surface area contributed by atoms with Crippen LogP contribution in [0.3, 0.4) is 0 Å². The van der Waals surface area contributed by atoms with Crippen LogP contribution in [0.15, 0.2) is 48.5 Å². The molecule has 138 valence electrons. The molecular weight excluding hydrogens is 330 g/mol. The third-order valence-corrected chi connectivity index (χ3v) is 4.20. The van der Waals surface area contributed by atoms with Gasteiger partial charge in [0, 0.05) is 11.1 Å². The van der Waals surface area contributed by atoms with Crippen molar-refractivity contribution in [2.75, 3.05) is 0 Å². The molecule has 0 fully saturated rings. The van der Waals surface area contributed by atoms with Crippen LogP contribution in [-0.4, -0.2) is 6.61 Å². The molecular formula is C23H26F2O. The van der Waals surface area contributed by atoms with Gasteiger partial charge in [0.05, 0.1) is 0 Å². The molecule has 3 heteroatoms. The molecule has 0 aliphatic carbocycles. The number of unbranched alkanes of at least 4 members (excludes halogenated alkanes) is 5. The monoisotopic (exact) mass is 356 g/mol. The van der Waals surface area contributed by atoms with E-state index in [2.05, 4.69) is 35.6 Å². The Morgan fingerprint density at radius 2 is 1.31 bits per heavy atom. The van der Waals surface area contributed by atoms with E-state index in [9.17, 15) is 8.78 Å². The number of hydrogen-bond donors (Lipinski definition) is 0. The lowest BCUT2D eigenvalue weighted by molar-refractivity contribution is -0.0498. The number of benzene rings is 2. The summed E-state index contributed by atoms with van der Waals surface area (Å²) in [5.74, 6) is 6.28. The van der Waals surface area contributed by atoms with Gasteiger partial charge in [-0.05, 0) is 54.8 Å². The molecule has 0 heterocycles. The van der Waals surface area contributed by atoms with Crippen molar-refractivity contribution in [1.82, 2.24) is 0 Å². The summed E-state index contributed by atoms with van der Waals surface area (Å²) < 4.78 is 28.6. The van der Waals surface area contributed by atoms with Gasteiger partial charge in [-0.2, -0.15) is 8.78 Å². The molecule has 0 amide bonds. The van der Waals surface area contributed by atoms with Gasteiger partial charge in [0.15, 0.2) is 0 Å². The van der Waals surface area contributed by atoms with Crippen LogP contribution in [0.2, 0.25) is 0 Å². The summed E-state index contributed by atoms with van der Waals surface area (Å²) in [6.07, 6.45) is 8.96. The van der Waals surface area contributed by atoms with Crippen molar-refractivity contribution in [3.63, 3.8) is 0 Å². The summed E-state index contributed by atoms with van der Waals surface area (Å²) in [5, 5.41) is 0. The quantitative estimate of drug-likeness (QED) is 0.364.